The maximum Gasteiger partial charge on any atom is 0.185 e. The third-order valence-electron chi connectivity index (χ3n) is 3.30. The molecule has 126 valence electrons. The molecule has 0 saturated heterocycles. The molecule has 1 aromatic rings. The first kappa shape index (κ1) is 19.6. The molecule has 0 bridgehead atoms. The van der Waals surface area contributed by atoms with Gasteiger partial charge in [-0.2, -0.15) is 0 Å². The lowest BCUT2D eigenvalue weighted by atomic mass is 10.1. The van der Waals surface area contributed by atoms with Crippen LogP contribution < -0.4 is 0 Å². The van der Waals surface area contributed by atoms with Gasteiger partial charge in [-0.15, -0.1) is 0 Å². The van der Waals surface area contributed by atoms with Gasteiger partial charge in [0, 0.05) is 0 Å². The maximum absolute atomic E-state index is 6.28. The molecular weight excluding hydrogens is 300 g/mol. The topological polar surface area (TPSA) is 18.5 Å². The smallest absolute Gasteiger partial charge is 0.185 e. The van der Waals surface area contributed by atoms with E-state index < -0.39 is 8.32 Å². The van der Waals surface area contributed by atoms with Crippen LogP contribution >= 0.6 is 0 Å². The van der Waals surface area contributed by atoms with Crippen molar-refractivity contribution in [3.8, 4) is 0 Å². The monoisotopic (exact) mass is 330 g/mol. The lowest BCUT2D eigenvalue weighted by Gasteiger charge is -2.25. The van der Waals surface area contributed by atoms with E-state index in [-0.39, 0.29) is 6.10 Å². The highest BCUT2D eigenvalue weighted by Crippen LogP contribution is 2.17. The van der Waals surface area contributed by atoms with Crippen molar-refractivity contribution in [3.63, 3.8) is 0 Å². The number of rotatable bonds is 9. The van der Waals surface area contributed by atoms with Crippen molar-refractivity contribution >= 4 is 8.32 Å². The van der Waals surface area contributed by atoms with E-state index in [1.165, 1.54) is 11.1 Å². The molecule has 3 heteroatoms. The summed E-state index contributed by atoms with van der Waals surface area (Å²) in [7, 11) is -1.62. The average Bonchev–Trinajstić information content (AvgIpc) is 2.50. The first-order valence-corrected chi connectivity index (χ1v) is 11.5. The fraction of sp³-hybridized carbons (Fsp3) is 0.400. The zero-order valence-electron chi connectivity index (χ0n) is 15.1. The molecule has 0 aliphatic heterocycles. The van der Waals surface area contributed by atoms with Crippen LogP contribution in [0.5, 0.6) is 0 Å². The second kappa shape index (κ2) is 9.66. The third kappa shape index (κ3) is 8.70. The first-order chi connectivity index (χ1) is 10.8. The maximum atomic E-state index is 6.28. The summed E-state index contributed by atoms with van der Waals surface area (Å²) < 4.78 is 12.0. The first-order valence-electron chi connectivity index (χ1n) is 8.09. The molecule has 0 radical (unpaired) electrons. The van der Waals surface area contributed by atoms with Crippen molar-refractivity contribution in [2.24, 2.45) is 0 Å². The Morgan fingerprint density at radius 2 is 1.83 bits per heavy atom. The summed E-state index contributed by atoms with van der Waals surface area (Å²) in [5.74, 6) is 0. The molecule has 0 heterocycles. The molecule has 0 aliphatic rings. The average molecular weight is 331 g/mol. The van der Waals surface area contributed by atoms with Crippen molar-refractivity contribution in [1.29, 1.82) is 0 Å². The van der Waals surface area contributed by atoms with Gasteiger partial charge in [0.1, 0.15) is 0 Å². The Morgan fingerprint density at radius 1 is 1.17 bits per heavy atom. The Hall–Kier alpha value is -1.42. The van der Waals surface area contributed by atoms with Gasteiger partial charge in [-0.05, 0) is 50.7 Å². The van der Waals surface area contributed by atoms with Crippen molar-refractivity contribution < 1.29 is 9.16 Å². The van der Waals surface area contributed by atoms with Crippen LogP contribution in [0.25, 0.3) is 0 Å². The number of ether oxygens (including phenoxy) is 1. The lowest BCUT2D eigenvalue weighted by molar-refractivity contribution is 0.147. The van der Waals surface area contributed by atoms with E-state index in [9.17, 15) is 0 Å². The van der Waals surface area contributed by atoms with Crippen LogP contribution in [-0.2, 0) is 15.8 Å². The Balaban J connectivity index is 2.63. The van der Waals surface area contributed by atoms with Crippen LogP contribution in [0, 0.1) is 0 Å². The Bertz CT molecular complexity index is 539. The molecular formula is C20H30O2Si. The molecule has 2 nitrogen and oxygen atoms in total. The molecule has 1 atom stereocenters. The van der Waals surface area contributed by atoms with Crippen LogP contribution in [0.2, 0.25) is 19.6 Å². The van der Waals surface area contributed by atoms with Gasteiger partial charge in [-0.1, -0.05) is 54.6 Å². The van der Waals surface area contributed by atoms with E-state index in [1.54, 1.807) is 0 Å². The van der Waals surface area contributed by atoms with Crippen LogP contribution in [0.4, 0.5) is 0 Å². The number of allylic oxidation sites excluding steroid dienone is 2. The fourth-order valence-corrected chi connectivity index (χ4v) is 3.02. The molecule has 23 heavy (non-hydrogen) atoms. The van der Waals surface area contributed by atoms with Crippen LogP contribution in [0.3, 0.4) is 0 Å². The van der Waals surface area contributed by atoms with E-state index in [0.717, 1.165) is 5.57 Å². The summed E-state index contributed by atoms with van der Waals surface area (Å²) >= 11 is 0. The highest BCUT2D eigenvalue weighted by Gasteiger charge is 2.20. The van der Waals surface area contributed by atoms with Gasteiger partial charge < -0.3 is 9.16 Å². The molecule has 0 aromatic heterocycles. The Kier molecular flexibility index (Phi) is 8.24. The van der Waals surface area contributed by atoms with E-state index in [2.05, 4.69) is 57.4 Å². The molecule has 1 unspecified atom stereocenters. The summed E-state index contributed by atoms with van der Waals surface area (Å²) in [6, 6.07) is 10.2. The number of hydrogen-bond acceptors (Lipinski definition) is 2. The minimum absolute atomic E-state index is 0.00000745. The van der Waals surface area contributed by atoms with Crippen molar-refractivity contribution in [1.82, 2.24) is 0 Å². The van der Waals surface area contributed by atoms with E-state index >= 15 is 0 Å². The number of hydrogen-bond donors (Lipinski definition) is 0. The molecule has 1 rings (SSSR count). The van der Waals surface area contributed by atoms with Gasteiger partial charge in [0.25, 0.3) is 0 Å². The fourth-order valence-electron chi connectivity index (χ4n) is 2.00. The zero-order valence-corrected chi connectivity index (χ0v) is 16.1. The summed E-state index contributed by atoms with van der Waals surface area (Å²) in [5.41, 5.74) is 3.50. The number of benzene rings is 1. The van der Waals surface area contributed by atoms with Crippen molar-refractivity contribution in [2.45, 2.75) is 46.2 Å². The minimum atomic E-state index is -1.62. The van der Waals surface area contributed by atoms with E-state index in [4.69, 9.17) is 9.16 Å². The van der Waals surface area contributed by atoms with Gasteiger partial charge in [0.2, 0.25) is 0 Å². The minimum Gasteiger partial charge on any atom is -0.408 e. The van der Waals surface area contributed by atoms with Crippen LogP contribution in [-0.4, -0.2) is 21.0 Å². The summed E-state index contributed by atoms with van der Waals surface area (Å²) in [6.07, 6.45) is 6.11. The van der Waals surface area contributed by atoms with Gasteiger partial charge in [0.15, 0.2) is 8.32 Å². The molecule has 1 aromatic carbocycles. The quantitative estimate of drug-likeness (QED) is 0.257. The zero-order chi connectivity index (χ0) is 17.3. The van der Waals surface area contributed by atoms with Crippen LogP contribution in [0.15, 0.2) is 66.3 Å². The molecule has 0 amide bonds. The van der Waals surface area contributed by atoms with E-state index in [0.29, 0.717) is 13.2 Å². The lowest BCUT2D eigenvalue weighted by Crippen LogP contribution is -2.32. The van der Waals surface area contributed by atoms with Gasteiger partial charge in [-0.25, -0.2) is 0 Å². The van der Waals surface area contributed by atoms with Crippen molar-refractivity contribution in [3.05, 3.63) is 71.8 Å². The second-order valence-electron chi connectivity index (χ2n) is 6.71. The second-order valence-corrected chi connectivity index (χ2v) is 11.2. The van der Waals surface area contributed by atoms with Gasteiger partial charge in [0.05, 0.1) is 19.3 Å². The third-order valence-corrected chi connectivity index (χ3v) is 4.26. The summed E-state index contributed by atoms with van der Waals surface area (Å²) in [6.45, 7) is 15.8. The van der Waals surface area contributed by atoms with E-state index in [1.807, 2.05) is 31.2 Å². The largest absolute Gasteiger partial charge is 0.408 e. The summed E-state index contributed by atoms with van der Waals surface area (Å²) in [5, 5.41) is 0. The molecule has 0 fully saturated rings. The molecule has 0 saturated carbocycles. The predicted molar refractivity (Wildman–Crippen MR) is 102 cm³/mol. The Labute approximate surface area is 142 Å². The summed E-state index contributed by atoms with van der Waals surface area (Å²) in [4.78, 5) is 0. The predicted octanol–water partition coefficient (Wildman–Crippen LogP) is 5.50. The normalized spacial score (nSPS) is 14.7. The molecule has 0 spiro atoms. The highest BCUT2D eigenvalue weighted by molar-refractivity contribution is 6.69. The van der Waals surface area contributed by atoms with Gasteiger partial charge in [-0.3, -0.25) is 0 Å². The van der Waals surface area contributed by atoms with Crippen molar-refractivity contribution in [2.75, 3.05) is 6.61 Å². The molecule has 0 N–H and O–H groups in total. The Morgan fingerprint density at radius 3 is 2.39 bits per heavy atom. The standard InChI is InChI=1S/C20H30O2Si/c1-7-17(2)15-20(22-23(4,5)6)18(3)13-14-21-16-19-11-9-8-10-12-19/h7-13,15,20H,1,14,16H2,2-6H3/b17-15+,18-13+. The highest BCUT2D eigenvalue weighted by atomic mass is 28.4. The van der Waals surface area contributed by atoms with Gasteiger partial charge >= 0.3 is 0 Å². The van der Waals surface area contributed by atoms with Crippen LogP contribution in [0.1, 0.15) is 19.4 Å². The SMILES string of the molecule is C=C/C(C)=C/C(O[Si](C)(C)C)/C(C)=C/COCc1ccccc1. The molecule has 0 aliphatic carbocycles.